The fraction of sp³-hybridized carbons (Fsp3) is 0.571. The molecule has 6 nitrogen and oxygen atoms in total. The minimum Gasteiger partial charge on any atom is -0.359 e. The van der Waals surface area contributed by atoms with Gasteiger partial charge in [-0.1, -0.05) is 5.16 Å². The number of rotatable bonds is 7. The van der Waals surface area contributed by atoms with Crippen molar-refractivity contribution in [3.05, 3.63) is 11.8 Å². The Labute approximate surface area is 117 Å². The van der Waals surface area contributed by atoms with Gasteiger partial charge in [0.15, 0.2) is 11.5 Å². The molecule has 0 spiro atoms. The largest absolute Gasteiger partial charge is 0.359 e. The van der Waals surface area contributed by atoms with E-state index >= 15 is 0 Å². The van der Waals surface area contributed by atoms with E-state index in [1.54, 1.807) is 6.07 Å². The third kappa shape index (κ3) is 3.05. The van der Waals surface area contributed by atoms with Gasteiger partial charge in [-0.05, 0) is 12.8 Å². The first kappa shape index (κ1) is 12.9. The Bertz CT molecular complexity index is 574. The number of anilines is 1. The minimum atomic E-state index is -0.410. The van der Waals surface area contributed by atoms with E-state index in [9.17, 15) is 4.79 Å². The molecule has 1 aromatic rings. The summed E-state index contributed by atoms with van der Waals surface area (Å²) in [5.41, 5.74) is -0.410. The van der Waals surface area contributed by atoms with Crippen LogP contribution < -0.4 is 5.32 Å². The monoisotopic (exact) mass is 272 g/mol. The molecule has 104 valence electrons. The fourth-order valence-corrected chi connectivity index (χ4v) is 2.10. The Hall–Kier alpha value is -2.16. The first-order chi connectivity index (χ1) is 9.71. The maximum Gasteiger partial charge on any atom is 0.225 e. The van der Waals surface area contributed by atoms with Crippen molar-refractivity contribution in [2.75, 3.05) is 5.32 Å². The molecule has 0 bridgehead atoms. The van der Waals surface area contributed by atoms with Crippen LogP contribution in [0.5, 0.6) is 0 Å². The van der Waals surface area contributed by atoms with Gasteiger partial charge in [0, 0.05) is 37.7 Å². The van der Waals surface area contributed by atoms with Crippen LogP contribution in [0.25, 0.3) is 0 Å². The molecule has 0 unspecified atom stereocenters. The van der Waals surface area contributed by atoms with Gasteiger partial charge in [0.2, 0.25) is 5.91 Å². The van der Waals surface area contributed by atoms with Crippen molar-refractivity contribution in [3.63, 3.8) is 0 Å². The van der Waals surface area contributed by atoms with E-state index < -0.39 is 5.66 Å². The van der Waals surface area contributed by atoms with Gasteiger partial charge in [-0.25, -0.2) is 0 Å². The Balaban J connectivity index is 1.44. The average molecular weight is 272 g/mol. The number of aromatic nitrogens is 1. The Morgan fingerprint density at radius 2 is 2.30 bits per heavy atom. The van der Waals surface area contributed by atoms with Crippen LogP contribution >= 0.6 is 0 Å². The molecule has 2 aliphatic rings. The van der Waals surface area contributed by atoms with Gasteiger partial charge < -0.3 is 9.84 Å². The topological polar surface area (TPSA) is 79.9 Å². The maximum absolute atomic E-state index is 11.8. The molecule has 0 atom stereocenters. The van der Waals surface area contributed by atoms with E-state index in [0.717, 1.165) is 18.6 Å². The van der Waals surface area contributed by atoms with Gasteiger partial charge in [-0.2, -0.15) is 10.2 Å². The lowest BCUT2D eigenvalue weighted by molar-refractivity contribution is -0.116. The molecule has 0 saturated heterocycles. The van der Waals surface area contributed by atoms with Crippen LogP contribution in [0.3, 0.4) is 0 Å². The van der Waals surface area contributed by atoms with E-state index in [1.807, 2.05) is 0 Å². The third-order valence-electron chi connectivity index (χ3n) is 3.58. The SMILES string of the molecule is C#CCCC1(CCC(=O)Nc2cc(C3CC3)on2)N=N1. The molecule has 1 N–H and O–H groups in total. The molecule has 3 rings (SSSR count). The summed E-state index contributed by atoms with van der Waals surface area (Å²) in [6, 6.07) is 1.80. The van der Waals surface area contributed by atoms with E-state index in [2.05, 4.69) is 26.6 Å². The fourth-order valence-electron chi connectivity index (χ4n) is 2.10. The summed E-state index contributed by atoms with van der Waals surface area (Å²) >= 11 is 0. The molecule has 1 fully saturated rings. The van der Waals surface area contributed by atoms with Gasteiger partial charge >= 0.3 is 0 Å². The molecule has 20 heavy (non-hydrogen) atoms. The highest BCUT2D eigenvalue weighted by molar-refractivity contribution is 5.89. The number of hydrogen-bond donors (Lipinski definition) is 1. The number of carbonyl (C=O) groups excluding carboxylic acids is 1. The maximum atomic E-state index is 11.8. The predicted octanol–water partition coefficient (Wildman–Crippen LogP) is 2.85. The van der Waals surface area contributed by atoms with Crippen LogP contribution in [0.15, 0.2) is 20.8 Å². The van der Waals surface area contributed by atoms with E-state index in [0.29, 0.717) is 37.4 Å². The standard InChI is InChI=1S/C14H16N4O2/c1-2-3-7-14(17-18-14)8-6-13(19)15-12-9-11(20-16-12)10-4-5-10/h1,9-10H,3-8H2,(H,15,16,19). The summed E-state index contributed by atoms with van der Waals surface area (Å²) in [6.45, 7) is 0. The molecule has 1 aliphatic carbocycles. The number of carbonyl (C=O) groups is 1. The molecular formula is C14H16N4O2. The summed E-state index contributed by atoms with van der Waals surface area (Å²) in [6.07, 6.45) is 9.79. The average Bonchev–Trinajstić information content (AvgIpc) is 3.36. The number of nitrogens with zero attached hydrogens (tertiary/aromatic N) is 3. The van der Waals surface area contributed by atoms with Gasteiger partial charge in [-0.15, -0.1) is 12.3 Å². The molecule has 1 aliphatic heterocycles. The quantitative estimate of drug-likeness (QED) is 0.775. The highest BCUT2D eigenvalue weighted by Gasteiger charge is 2.39. The summed E-state index contributed by atoms with van der Waals surface area (Å²) in [4.78, 5) is 11.8. The molecule has 6 heteroatoms. The number of hydrogen-bond acceptors (Lipinski definition) is 5. The van der Waals surface area contributed by atoms with Gasteiger partial charge in [-0.3, -0.25) is 4.79 Å². The van der Waals surface area contributed by atoms with Crippen molar-refractivity contribution < 1.29 is 9.32 Å². The summed E-state index contributed by atoms with van der Waals surface area (Å²) in [5.74, 6) is 4.30. The van der Waals surface area contributed by atoms with Crippen molar-refractivity contribution in [2.24, 2.45) is 10.2 Å². The molecular weight excluding hydrogens is 256 g/mol. The highest BCUT2D eigenvalue weighted by Crippen LogP contribution is 2.41. The smallest absolute Gasteiger partial charge is 0.225 e. The van der Waals surface area contributed by atoms with Crippen LogP contribution in [0.2, 0.25) is 0 Å². The van der Waals surface area contributed by atoms with Crippen LogP contribution in [0.4, 0.5) is 5.82 Å². The first-order valence-corrected chi connectivity index (χ1v) is 6.85. The van der Waals surface area contributed by atoms with Gasteiger partial charge in [0.25, 0.3) is 0 Å². The van der Waals surface area contributed by atoms with Crippen LogP contribution in [-0.4, -0.2) is 16.7 Å². The Kier molecular flexibility index (Phi) is 3.26. The molecule has 1 saturated carbocycles. The van der Waals surface area contributed by atoms with Crippen molar-refractivity contribution in [1.82, 2.24) is 5.16 Å². The van der Waals surface area contributed by atoms with E-state index in [4.69, 9.17) is 10.9 Å². The minimum absolute atomic E-state index is 0.0990. The predicted molar refractivity (Wildman–Crippen MR) is 72.0 cm³/mol. The second-order valence-electron chi connectivity index (χ2n) is 5.32. The van der Waals surface area contributed by atoms with Crippen molar-refractivity contribution in [2.45, 2.75) is 50.1 Å². The Morgan fingerprint density at radius 1 is 1.50 bits per heavy atom. The van der Waals surface area contributed by atoms with E-state index in [1.165, 1.54) is 0 Å². The third-order valence-corrected chi connectivity index (χ3v) is 3.58. The summed E-state index contributed by atoms with van der Waals surface area (Å²) < 4.78 is 5.18. The zero-order chi connectivity index (χ0) is 14.0. The summed E-state index contributed by atoms with van der Waals surface area (Å²) in [5, 5.41) is 14.6. The van der Waals surface area contributed by atoms with Crippen molar-refractivity contribution >= 4 is 11.7 Å². The lowest BCUT2D eigenvalue weighted by atomic mass is 10.0. The van der Waals surface area contributed by atoms with Gasteiger partial charge in [0.05, 0.1) is 0 Å². The first-order valence-electron chi connectivity index (χ1n) is 6.85. The molecule has 1 amide bonds. The van der Waals surface area contributed by atoms with Crippen molar-refractivity contribution in [1.29, 1.82) is 0 Å². The molecule has 0 radical (unpaired) electrons. The second-order valence-corrected chi connectivity index (χ2v) is 5.32. The lowest BCUT2D eigenvalue weighted by Crippen LogP contribution is -2.17. The number of amides is 1. The Morgan fingerprint density at radius 3 is 2.95 bits per heavy atom. The molecule has 2 heterocycles. The van der Waals surface area contributed by atoms with Crippen LogP contribution in [0.1, 0.15) is 50.2 Å². The second kappa shape index (κ2) is 5.08. The number of terminal acetylenes is 1. The van der Waals surface area contributed by atoms with Crippen LogP contribution in [0, 0.1) is 12.3 Å². The van der Waals surface area contributed by atoms with E-state index in [-0.39, 0.29) is 5.91 Å². The molecule has 1 aromatic heterocycles. The zero-order valence-electron chi connectivity index (χ0n) is 11.1. The molecule has 0 aromatic carbocycles. The summed E-state index contributed by atoms with van der Waals surface area (Å²) in [7, 11) is 0. The normalized spacial score (nSPS) is 18.6. The number of nitrogens with one attached hydrogen (secondary N) is 1. The lowest BCUT2D eigenvalue weighted by Gasteiger charge is -2.07. The van der Waals surface area contributed by atoms with Gasteiger partial charge in [0.1, 0.15) is 5.76 Å². The van der Waals surface area contributed by atoms with Crippen LogP contribution in [-0.2, 0) is 4.79 Å². The van der Waals surface area contributed by atoms with Crippen molar-refractivity contribution in [3.8, 4) is 12.3 Å². The highest BCUT2D eigenvalue weighted by atomic mass is 16.5. The zero-order valence-corrected chi connectivity index (χ0v) is 11.1.